The molecule has 0 atom stereocenters. The fraction of sp³-hybridized carbons (Fsp3) is 0.636. The monoisotopic (exact) mass is 388 g/mol. The molecular formula is C22H32N2O4. The number of benzene rings is 1. The molecule has 154 valence electrons. The van der Waals surface area contributed by atoms with E-state index in [1.54, 1.807) is 0 Å². The van der Waals surface area contributed by atoms with Crippen LogP contribution in [0.4, 0.5) is 0 Å². The summed E-state index contributed by atoms with van der Waals surface area (Å²) < 4.78 is 10.7. The molecule has 2 aliphatic rings. The summed E-state index contributed by atoms with van der Waals surface area (Å²) in [6.07, 6.45) is 6.03. The molecule has 1 aliphatic carbocycles. The largest absolute Gasteiger partial charge is 0.455 e. The Balaban J connectivity index is 1.45. The van der Waals surface area contributed by atoms with E-state index in [1.165, 1.54) is 19.3 Å². The number of hydrogen-bond acceptors (Lipinski definition) is 5. The van der Waals surface area contributed by atoms with Crippen LogP contribution in [-0.4, -0.2) is 61.8 Å². The average Bonchev–Trinajstić information content (AvgIpc) is 2.74. The summed E-state index contributed by atoms with van der Waals surface area (Å²) in [5.74, 6) is -0.602. The first-order valence-corrected chi connectivity index (χ1v) is 10.4. The van der Waals surface area contributed by atoms with E-state index < -0.39 is 0 Å². The zero-order chi connectivity index (χ0) is 19.8. The molecule has 28 heavy (non-hydrogen) atoms. The normalized spacial score (nSPS) is 19.8. The van der Waals surface area contributed by atoms with Crippen molar-refractivity contribution in [1.82, 2.24) is 10.2 Å². The summed E-state index contributed by atoms with van der Waals surface area (Å²) in [6.45, 7) is 5.75. The summed E-state index contributed by atoms with van der Waals surface area (Å²) >= 11 is 0. The molecule has 2 fully saturated rings. The Hall–Kier alpha value is -1.92. The highest BCUT2D eigenvalue weighted by Crippen LogP contribution is 2.33. The molecule has 1 saturated carbocycles. The van der Waals surface area contributed by atoms with E-state index in [2.05, 4.69) is 10.2 Å². The smallest absolute Gasteiger partial charge is 0.310 e. The number of rotatable bonds is 7. The molecule has 0 unspecified atom stereocenters. The van der Waals surface area contributed by atoms with Crippen LogP contribution in [-0.2, 0) is 25.5 Å². The Morgan fingerprint density at radius 3 is 2.46 bits per heavy atom. The van der Waals surface area contributed by atoms with Crippen molar-refractivity contribution >= 4 is 11.9 Å². The summed E-state index contributed by atoms with van der Waals surface area (Å²) in [6, 6.07) is 7.74. The van der Waals surface area contributed by atoms with Gasteiger partial charge in [0, 0.05) is 25.2 Å². The zero-order valence-electron chi connectivity index (χ0n) is 16.9. The molecular weight excluding hydrogens is 356 g/mol. The van der Waals surface area contributed by atoms with Crippen LogP contribution in [0.15, 0.2) is 24.3 Å². The summed E-state index contributed by atoms with van der Waals surface area (Å²) in [4.78, 5) is 26.8. The number of amides is 1. The number of ether oxygens (including phenoxy) is 2. The Bertz CT molecular complexity index is 647. The molecule has 3 rings (SSSR count). The third-order valence-electron chi connectivity index (χ3n) is 5.91. The number of hydrogen-bond donors (Lipinski definition) is 1. The van der Waals surface area contributed by atoms with Gasteiger partial charge < -0.3 is 14.8 Å². The van der Waals surface area contributed by atoms with Crippen LogP contribution >= 0.6 is 0 Å². The van der Waals surface area contributed by atoms with Crippen LogP contribution < -0.4 is 5.32 Å². The fourth-order valence-corrected chi connectivity index (χ4v) is 4.24. The second kappa shape index (κ2) is 10.0. The second-order valence-electron chi connectivity index (χ2n) is 7.98. The molecule has 0 bridgehead atoms. The van der Waals surface area contributed by atoms with Crippen molar-refractivity contribution in [3.05, 3.63) is 35.4 Å². The predicted octanol–water partition coefficient (Wildman–Crippen LogP) is 2.23. The van der Waals surface area contributed by atoms with Gasteiger partial charge in [-0.25, -0.2) is 0 Å². The number of esters is 1. The first kappa shape index (κ1) is 20.8. The third-order valence-corrected chi connectivity index (χ3v) is 5.91. The predicted molar refractivity (Wildman–Crippen MR) is 107 cm³/mol. The van der Waals surface area contributed by atoms with Gasteiger partial charge in [-0.05, 0) is 25.3 Å². The number of aryl methyl sites for hydroxylation is 1. The van der Waals surface area contributed by atoms with Gasteiger partial charge >= 0.3 is 5.97 Å². The van der Waals surface area contributed by atoms with Gasteiger partial charge in [-0.2, -0.15) is 0 Å². The fourth-order valence-electron chi connectivity index (χ4n) is 4.24. The molecule has 0 radical (unpaired) electrons. The van der Waals surface area contributed by atoms with Crippen LogP contribution in [0.5, 0.6) is 0 Å². The molecule has 1 N–H and O–H groups in total. The average molecular weight is 389 g/mol. The number of nitrogens with one attached hydrogen (secondary N) is 1. The second-order valence-corrected chi connectivity index (χ2v) is 7.98. The summed E-state index contributed by atoms with van der Waals surface area (Å²) in [5, 5.41) is 3.02. The molecule has 1 saturated heterocycles. The molecule has 1 heterocycles. The van der Waals surface area contributed by atoms with Crippen molar-refractivity contribution < 1.29 is 19.1 Å². The SMILES string of the molecule is Cc1ccc(CC(=O)OCC(=O)NCC2(N3CCOCC3)CCCCC2)cc1. The molecule has 6 heteroatoms. The van der Waals surface area contributed by atoms with Crippen LogP contribution in [0, 0.1) is 6.92 Å². The van der Waals surface area contributed by atoms with Crippen molar-refractivity contribution in [2.75, 3.05) is 39.5 Å². The maximum Gasteiger partial charge on any atom is 0.310 e. The molecule has 0 spiro atoms. The van der Waals surface area contributed by atoms with Gasteiger partial charge in [0.2, 0.25) is 0 Å². The quantitative estimate of drug-likeness (QED) is 0.726. The molecule has 1 aliphatic heterocycles. The highest BCUT2D eigenvalue weighted by Gasteiger charge is 2.38. The first-order chi connectivity index (χ1) is 13.6. The number of morpholine rings is 1. The lowest BCUT2D eigenvalue weighted by molar-refractivity contribution is -0.148. The molecule has 1 amide bonds. The summed E-state index contributed by atoms with van der Waals surface area (Å²) in [7, 11) is 0. The Morgan fingerprint density at radius 1 is 1.11 bits per heavy atom. The van der Waals surface area contributed by atoms with Crippen molar-refractivity contribution in [2.24, 2.45) is 0 Å². The minimum atomic E-state index is -0.375. The van der Waals surface area contributed by atoms with E-state index in [0.717, 1.165) is 50.3 Å². The van der Waals surface area contributed by atoms with Crippen LogP contribution in [0.2, 0.25) is 0 Å². The minimum Gasteiger partial charge on any atom is -0.455 e. The van der Waals surface area contributed by atoms with Crippen LogP contribution in [0.1, 0.15) is 43.2 Å². The number of carbonyl (C=O) groups is 2. The van der Waals surface area contributed by atoms with Gasteiger partial charge in [0.05, 0.1) is 19.6 Å². The maximum atomic E-state index is 12.3. The van der Waals surface area contributed by atoms with Gasteiger partial charge in [-0.15, -0.1) is 0 Å². The van der Waals surface area contributed by atoms with Gasteiger partial charge in [-0.1, -0.05) is 49.1 Å². The highest BCUT2D eigenvalue weighted by atomic mass is 16.5. The van der Waals surface area contributed by atoms with Crippen molar-refractivity contribution in [3.63, 3.8) is 0 Å². The van der Waals surface area contributed by atoms with E-state index in [1.807, 2.05) is 31.2 Å². The van der Waals surface area contributed by atoms with Crippen molar-refractivity contribution in [3.8, 4) is 0 Å². The zero-order valence-corrected chi connectivity index (χ0v) is 16.9. The third kappa shape index (κ3) is 5.79. The first-order valence-electron chi connectivity index (χ1n) is 10.4. The lowest BCUT2D eigenvalue weighted by Crippen LogP contribution is -2.59. The lowest BCUT2D eigenvalue weighted by Gasteiger charge is -2.48. The van der Waals surface area contributed by atoms with E-state index >= 15 is 0 Å². The summed E-state index contributed by atoms with van der Waals surface area (Å²) in [5.41, 5.74) is 2.06. The lowest BCUT2D eigenvalue weighted by atomic mass is 9.79. The van der Waals surface area contributed by atoms with Crippen molar-refractivity contribution in [1.29, 1.82) is 0 Å². The minimum absolute atomic E-state index is 0.0175. The van der Waals surface area contributed by atoms with E-state index in [4.69, 9.17) is 9.47 Å². The molecule has 0 aromatic heterocycles. The Morgan fingerprint density at radius 2 is 1.79 bits per heavy atom. The van der Waals surface area contributed by atoms with Gasteiger partial charge in [-0.3, -0.25) is 14.5 Å². The molecule has 1 aromatic rings. The topological polar surface area (TPSA) is 67.9 Å². The van der Waals surface area contributed by atoms with Crippen LogP contribution in [0.3, 0.4) is 0 Å². The molecule has 1 aromatic carbocycles. The van der Waals surface area contributed by atoms with Gasteiger partial charge in [0.1, 0.15) is 0 Å². The highest BCUT2D eigenvalue weighted by molar-refractivity contribution is 5.81. The van der Waals surface area contributed by atoms with E-state index in [-0.39, 0.29) is 30.4 Å². The van der Waals surface area contributed by atoms with Gasteiger partial charge in [0.25, 0.3) is 5.91 Å². The van der Waals surface area contributed by atoms with Crippen molar-refractivity contribution in [2.45, 2.75) is 51.0 Å². The number of carbonyl (C=O) groups excluding carboxylic acids is 2. The Kier molecular flexibility index (Phi) is 7.45. The standard InChI is InChI=1S/C22H32N2O4/c1-18-5-7-19(8-6-18)15-21(26)28-16-20(25)23-17-22(9-3-2-4-10-22)24-11-13-27-14-12-24/h5-8H,2-4,9-17H2,1H3,(H,23,25). The number of nitrogens with zero attached hydrogens (tertiary/aromatic N) is 1. The van der Waals surface area contributed by atoms with Crippen LogP contribution in [0.25, 0.3) is 0 Å². The van der Waals surface area contributed by atoms with E-state index in [9.17, 15) is 9.59 Å². The maximum absolute atomic E-state index is 12.3. The molecule has 6 nitrogen and oxygen atoms in total. The Labute approximate surface area is 167 Å². The van der Waals surface area contributed by atoms with Gasteiger partial charge in [0.15, 0.2) is 6.61 Å². The van der Waals surface area contributed by atoms with E-state index in [0.29, 0.717) is 6.54 Å².